The van der Waals surface area contributed by atoms with Crippen molar-refractivity contribution >= 4 is 11.9 Å². The lowest BCUT2D eigenvalue weighted by molar-refractivity contribution is -0.144. The van der Waals surface area contributed by atoms with E-state index >= 15 is 0 Å². The van der Waals surface area contributed by atoms with Gasteiger partial charge in [0.2, 0.25) is 0 Å². The first-order valence-electron chi connectivity index (χ1n) is 3.62. The molecule has 0 aromatic carbocycles. The summed E-state index contributed by atoms with van der Waals surface area (Å²) in [6.45, 7) is 1.35. The van der Waals surface area contributed by atoms with E-state index in [9.17, 15) is 9.59 Å². The second kappa shape index (κ2) is 2.45. The van der Waals surface area contributed by atoms with E-state index in [1.54, 1.807) is 0 Å². The molecule has 0 saturated heterocycles. The van der Waals surface area contributed by atoms with E-state index < -0.39 is 29.3 Å². The Morgan fingerprint density at radius 2 is 2.00 bits per heavy atom. The lowest BCUT2D eigenvalue weighted by Gasteiger charge is -2.18. The molecule has 0 aliphatic heterocycles. The zero-order valence-electron chi connectivity index (χ0n) is 6.65. The smallest absolute Gasteiger partial charge is 0.323 e. The maximum absolute atomic E-state index is 10.6. The van der Waals surface area contributed by atoms with Gasteiger partial charge < -0.3 is 15.9 Å². The molecule has 1 rings (SSSR count). The molecule has 12 heavy (non-hydrogen) atoms. The molecule has 0 heterocycles. The molecule has 5 nitrogen and oxygen atoms in total. The highest BCUT2D eigenvalue weighted by Crippen LogP contribution is 2.45. The average molecular weight is 173 g/mol. The van der Waals surface area contributed by atoms with Gasteiger partial charge >= 0.3 is 11.9 Å². The van der Waals surface area contributed by atoms with Gasteiger partial charge in [-0.15, -0.1) is 0 Å². The van der Waals surface area contributed by atoms with Crippen LogP contribution in [0.1, 0.15) is 13.3 Å². The van der Waals surface area contributed by atoms with Crippen LogP contribution in [-0.4, -0.2) is 27.7 Å². The first-order chi connectivity index (χ1) is 5.37. The Balaban J connectivity index is 2.64. The minimum absolute atomic E-state index is 0.370. The average Bonchev–Trinajstić information content (AvgIpc) is 2.63. The van der Waals surface area contributed by atoms with Crippen LogP contribution in [0.3, 0.4) is 0 Å². The molecule has 0 bridgehead atoms. The maximum Gasteiger partial charge on any atom is 0.323 e. The lowest BCUT2D eigenvalue weighted by Crippen LogP contribution is -2.47. The molecule has 68 valence electrons. The Bertz CT molecular complexity index is 236. The predicted octanol–water partition coefficient (Wildman–Crippen LogP) is -0.491. The second-order valence-electron chi connectivity index (χ2n) is 3.37. The Hall–Kier alpha value is -1.10. The van der Waals surface area contributed by atoms with Crippen LogP contribution in [0, 0.1) is 11.8 Å². The normalized spacial score (nSPS) is 32.2. The van der Waals surface area contributed by atoms with E-state index in [0.29, 0.717) is 6.42 Å². The molecule has 1 saturated carbocycles. The van der Waals surface area contributed by atoms with Gasteiger partial charge in [0.15, 0.2) is 0 Å². The third kappa shape index (κ3) is 1.27. The summed E-state index contributed by atoms with van der Waals surface area (Å²) in [7, 11) is 0. The Morgan fingerprint density at radius 1 is 1.50 bits per heavy atom. The van der Waals surface area contributed by atoms with Crippen LogP contribution in [0.4, 0.5) is 0 Å². The van der Waals surface area contributed by atoms with Crippen molar-refractivity contribution in [3.63, 3.8) is 0 Å². The number of carboxylic acid groups (broad SMARTS) is 2. The van der Waals surface area contributed by atoms with Crippen LogP contribution >= 0.6 is 0 Å². The first kappa shape index (κ1) is 8.99. The van der Waals surface area contributed by atoms with Crippen molar-refractivity contribution in [3.05, 3.63) is 0 Å². The fourth-order valence-corrected chi connectivity index (χ4v) is 1.29. The van der Waals surface area contributed by atoms with E-state index in [2.05, 4.69) is 0 Å². The van der Waals surface area contributed by atoms with E-state index in [1.807, 2.05) is 0 Å². The Labute approximate surface area is 69.2 Å². The fourth-order valence-electron chi connectivity index (χ4n) is 1.29. The number of rotatable bonds is 3. The molecule has 4 N–H and O–H groups in total. The van der Waals surface area contributed by atoms with Gasteiger partial charge in [0.1, 0.15) is 5.54 Å². The number of aliphatic carboxylic acids is 2. The van der Waals surface area contributed by atoms with Gasteiger partial charge in [0.25, 0.3) is 0 Å². The highest BCUT2D eigenvalue weighted by molar-refractivity contribution is 5.82. The van der Waals surface area contributed by atoms with Crippen molar-refractivity contribution in [2.24, 2.45) is 17.6 Å². The second-order valence-corrected chi connectivity index (χ2v) is 3.37. The molecular formula is C7H11NO4. The molecule has 0 spiro atoms. The first-order valence-corrected chi connectivity index (χ1v) is 3.62. The van der Waals surface area contributed by atoms with Gasteiger partial charge in [-0.1, -0.05) is 0 Å². The predicted molar refractivity (Wildman–Crippen MR) is 39.5 cm³/mol. The molecule has 0 amide bonds. The van der Waals surface area contributed by atoms with Crippen LogP contribution < -0.4 is 5.73 Å². The molecule has 5 heteroatoms. The van der Waals surface area contributed by atoms with E-state index in [-0.39, 0.29) is 0 Å². The summed E-state index contributed by atoms with van der Waals surface area (Å²) < 4.78 is 0. The number of nitrogens with two attached hydrogens (primary N) is 1. The fraction of sp³-hybridized carbons (Fsp3) is 0.714. The molecule has 0 radical (unpaired) electrons. The standard InChI is InChI=1S/C7H11NO4/c1-7(8,6(11)12)4-2-3(4)5(9)10/h3-4H,2,8H2,1H3,(H,9,10)(H,11,12)/t3-,4+,7+/m0/s1. The van der Waals surface area contributed by atoms with Crippen LogP contribution in [0.15, 0.2) is 0 Å². The maximum atomic E-state index is 10.6. The van der Waals surface area contributed by atoms with Gasteiger partial charge in [0.05, 0.1) is 5.92 Å². The highest BCUT2D eigenvalue weighted by atomic mass is 16.4. The topological polar surface area (TPSA) is 101 Å². The number of hydrogen-bond donors (Lipinski definition) is 3. The zero-order chi connectivity index (χ0) is 9.52. The molecular weight excluding hydrogens is 162 g/mol. The van der Waals surface area contributed by atoms with Crippen molar-refractivity contribution in [1.82, 2.24) is 0 Å². The summed E-state index contributed by atoms with van der Waals surface area (Å²) in [5, 5.41) is 17.2. The highest BCUT2D eigenvalue weighted by Gasteiger charge is 2.55. The van der Waals surface area contributed by atoms with Gasteiger partial charge in [-0.05, 0) is 13.3 Å². The number of carbonyl (C=O) groups is 2. The van der Waals surface area contributed by atoms with Crippen molar-refractivity contribution < 1.29 is 19.8 Å². The van der Waals surface area contributed by atoms with Gasteiger partial charge in [0, 0.05) is 5.92 Å². The van der Waals surface area contributed by atoms with E-state index in [4.69, 9.17) is 15.9 Å². The van der Waals surface area contributed by atoms with Crippen molar-refractivity contribution in [1.29, 1.82) is 0 Å². The number of carboxylic acids is 2. The Kier molecular flexibility index (Phi) is 1.83. The van der Waals surface area contributed by atoms with E-state index in [0.717, 1.165) is 0 Å². The molecule has 1 fully saturated rings. The molecule has 0 aromatic rings. The third-order valence-corrected chi connectivity index (χ3v) is 2.34. The number of hydrogen-bond acceptors (Lipinski definition) is 3. The summed E-state index contributed by atoms with van der Waals surface area (Å²) in [5.74, 6) is -3.10. The van der Waals surface area contributed by atoms with Crippen LogP contribution in [-0.2, 0) is 9.59 Å². The minimum Gasteiger partial charge on any atom is -0.481 e. The molecule has 1 aliphatic carbocycles. The van der Waals surface area contributed by atoms with Crippen molar-refractivity contribution in [2.75, 3.05) is 0 Å². The summed E-state index contributed by atoms with van der Waals surface area (Å²) in [6, 6.07) is 0. The largest absolute Gasteiger partial charge is 0.481 e. The van der Waals surface area contributed by atoms with Crippen LogP contribution in [0.5, 0.6) is 0 Å². The van der Waals surface area contributed by atoms with Crippen LogP contribution in [0.2, 0.25) is 0 Å². The monoisotopic (exact) mass is 173 g/mol. The summed E-state index contributed by atoms with van der Waals surface area (Å²) >= 11 is 0. The minimum atomic E-state index is -1.40. The Morgan fingerprint density at radius 3 is 2.25 bits per heavy atom. The van der Waals surface area contributed by atoms with Crippen LogP contribution in [0.25, 0.3) is 0 Å². The molecule has 0 aromatic heterocycles. The lowest BCUT2D eigenvalue weighted by atomic mass is 9.96. The third-order valence-electron chi connectivity index (χ3n) is 2.34. The SMILES string of the molecule is C[C@](N)(C(=O)O)[C@@H]1C[C@@H]1C(=O)O. The summed E-state index contributed by atoms with van der Waals surface area (Å²) in [4.78, 5) is 20.9. The summed E-state index contributed by atoms with van der Waals surface area (Å²) in [5.41, 5.74) is 4.03. The van der Waals surface area contributed by atoms with E-state index in [1.165, 1.54) is 6.92 Å². The molecule has 3 atom stereocenters. The molecule has 1 aliphatic rings. The van der Waals surface area contributed by atoms with Gasteiger partial charge in [-0.25, -0.2) is 0 Å². The molecule has 0 unspecified atom stereocenters. The van der Waals surface area contributed by atoms with Crippen molar-refractivity contribution in [3.8, 4) is 0 Å². The zero-order valence-corrected chi connectivity index (χ0v) is 6.65. The van der Waals surface area contributed by atoms with Gasteiger partial charge in [-0.2, -0.15) is 0 Å². The van der Waals surface area contributed by atoms with Crippen molar-refractivity contribution in [2.45, 2.75) is 18.9 Å². The quantitative estimate of drug-likeness (QED) is 0.534. The summed E-state index contributed by atoms with van der Waals surface area (Å²) in [6.07, 6.45) is 0.370. The van der Waals surface area contributed by atoms with Gasteiger partial charge in [-0.3, -0.25) is 9.59 Å².